The third-order valence-corrected chi connectivity index (χ3v) is 3.88. The molecule has 0 aliphatic carbocycles. The van der Waals surface area contributed by atoms with Crippen molar-refractivity contribution in [3.63, 3.8) is 0 Å². The van der Waals surface area contributed by atoms with Crippen LogP contribution in [-0.2, 0) is 19.8 Å². The zero-order valence-corrected chi connectivity index (χ0v) is 14.7. The summed E-state index contributed by atoms with van der Waals surface area (Å²) in [5.74, 6) is -0.163. The van der Waals surface area contributed by atoms with Gasteiger partial charge in [-0.15, -0.1) is 0 Å². The van der Waals surface area contributed by atoms with Crippen LogP contribution in [-0.4, -0.2) is 27.9 Å². The minimum absolute atomic E-state index is 0.121. The number of ether oxygens (including phenoxy) is 1. The Balaban J connectivity index is 1.55. The molecular formula is C19H19F3N4O. The van der Waals surface area contributed by atoms with E-state index in [1.807, 2.05) is 25.4 Å². The lowest BCUT2D eigenvalue weighted by Gasteiger charge is -2.13. The first-order valence-electron chi connectivity index (χ1n) is 8.38. The summed E-state index contributed by atoms with van der Waals surface area (Å²) in [6.45, 7) is 1.03. The quantitative estimate of drug-likeness (QED) is 0.640. The Labute approximate surface area is 154 Å². The maximum atomic E-state index is 12.9. The normalized spacial score (nSPS) is 11.6. The summed E-state index contributed by atoms with van der Waals surface area (Å²) in [5, 5.41) is 7.62. The number of rotatable bonds is 7. The van der Waals surface area contributed by atoms with E-state index in [-0.39, 0.29) is 12.4 Å². The number of nitrogens with zero attached hydrogens (tertiary/aromatic N) is 3. The molecule has 0 amide bonds. The predicted octanol–water partition coefficient (Wildman–Crippen LogP) is 3.67. The number of halogens is 3. The Morgan fingerprint density at radius 3 is 2.70 bits per heavy atom. The van der Waals surface area contributed by atoms with Crippen LogP contribution >= 0.6 is 0 Å². The largest absolute Gasteiger partial charge is 0.492 e. The minimum atomic E-state index is -4.43. The van der Waals surface area contributed by atoms with E-state index in [9.17, 15) is 13.2 Å². The van der Waals surface area contributed by atoms with Crippen LogP contribution < -0.4 is 10.1 Å². The molecule has 0 unspecified atom stereocenters. The average Bonchev–Trinajstić information content (AvgIpc) is 3.02. The standard InChI is InChI=1S/C19H19F3N4O/c1-26-13-15(18(25-26)14-5-4-8-23-11-14)12-24-9-10-27-17-7-3-2-6-16(17)19(20,21)22/h2-8,11,13,24H,9-10,12H2,1H3. The Morgan fingerprint density at radius 1 is 1.15 bits per heavy atom. The summed E-state index contributed by atoms with van der Waals surface area (Å²) in [4.78, 5) is 4.10. The van der Waals surface area contributed by atoms with Crippen LogP contribution in [0.4, 0.5) is 13.2 Å². The van der Waals surface area contributed by atoms with Gasteiger partial charge in [-0.2, -0.15) is 18.3 Å². The van der Waals surface area contributed by atoms with E-state index in [4.69, 9.17) is 4.74 Å². The fourth-order valence-electron chi connectivity index (χ4n) is 2.70. The Kier molecular flexibility index (Phi) is 5.75. The predicted molar refractivity (Wildman–Crippen MR) is 95.1 cm³/mol. The molecule has 0 spiro atoms. The lowest BCUT2D eigenvalue weighted by Crippen LogP contribution is -2.21. The third-order valence-electron chi connectivity index (χ3n) is 3.88. The molecule has 0 fully saturated rings. The number of aryl methyl sites for hydroxylation is 1. The highest BCUT2D eigenvalue weighted by atomic mass is 19.4. The number of hydrogen-bond acceptors (Lipinski definition) is 4. The van der Waals surface area contributed by atoms with E-state index >= 15 is 0 Å². The molecule has 0 atom stereocenters. The van der Waals surface area contributed by atoms with Gasteiger partial charge in [-0.25, -0.2) is 0 Å². The number of nitrogens with one attached hydrogen (secondary N) is 1. The molecule has 3 aromatic rings. The van der Waals surface area contributed by atoms with Crippen molar-refractivity contribution in [3.8, 4) is 17.0 Å². The van der Waals surface area contributed by atoms with Gasteiger partial charge in [0, 0.05) is 49.9 Å². The number of alkyl halides is 3. The topological polar surface area (TPSA) is 52.0 Å². The van der Waals surface area contributed by atoms with Gasteiger partial charge in [0.25, 0.3) is 0 Å². The van der Waals surface area contributed by atoms with Gasteiger partial charge in [-0.05, 0) is 24.3 Å². The van der Waals surface area contributed by atoms with Crippen molar-refractivity contribution in [2.75, 3.05) is 13.2 Å². The number of pyridine rings is 1. The Hall–Kier alpha value is -2.87. The highest BCUT2D eigenvalue weighted by Crippen LogP contribution is 2.35. The molecule has 0 aliphatic heterocycles. The molecule has 0 saturated carbocycles. The lowest BCUT2D eigenvalue weighted by atomic mass is 10.1. The van der Waals surface area contributed by atoms with E-state index < -0.39 is 11.7 Å². The molecule has 0 radical (unpaired) electrons. The summed E-state index contributed by atoms with van der Waals surface area (Å²) in [5.41, 5.74) is 1.93. The summed E-state index contributed by atoms with van der Waals surface area (Å²) in [6.07, 6.45) is 0.900. The monoisotopic (exact) mass is 376 g/mol. The highest BCUT2D eigenvalue weighted by Gasteiger charge is 2.33. The smallest absolute Gasteiger partial charge is 0.419 e. The average molecular weight is 376 g/mol. The summed E-state index contributed by atoms with van der Waals surface area (Å²) >= 11 is 0. The van der Waals surface area contributed by atoms with Gasteiger partial charge in [-0.1, -0.05) is 12.1 Å². The maximum Gasteiger partial charge on any atom is 0.419 e. The van der Waals surface area contributed by atoms with Crippen LogP contribution in [0.3, 0.4) is 0 Å². The van der Waals surface area contributed by atoms with Crippen molar-refractivity contribution in [2.45, 2.75) is 12.7 Å². The van der Waals surface area contributed by atoms with E-state index in [2.05, 4.69) is 15.4 Å². The second-order valence-corrected chi connectivity index (χ2v) is 5.94. The van der Waals surface area contributed by atoms with Gasteiger partial charge in [0.2, 0.25) is 0 Å². The van der Waals surface area contributed by atoms with Crippen LogP contribution in [0.1, 0.15) is 11.1 Å². The molecule has 0 bridgehead atoms. The Morgan fingerprint density at radius 2 is 1.96 bits per heavy atom. The summed E-state index contributed by atoms with van der Waals surface area (Å²) in [6, 6.07) is 8.97. The molecule has 1 aromatic carbocycles. The zero-order valence-electron chi connectivity index (χ0n) is 14.7. The van der Waals surface area contributed by atoms with E-state index in [1.54, 1.807) is 17.1 Å². The van der Waals surface area contributed by atoms with Crippen LogP contribution in [0.5, 0.6) is 5.75 Å². The maximum absolute atomic E-state index is 12.9. The van der Waals surface area contributed by atoms with Crippen molar-refractivity contribution in [1.82, 2.24) is 20.1 Å². The molecule has 27 heavy (non-hydrogen) atoms. The number of para-hydroxylation sites is 1. The van der Waals surface area contributed by atoms with Gasteiger partial charge in [0.1, 0.15) is 12.4 Å². The molecule has 2 aromatic heterocycles. The van der Waals surface area contributed by atoms with Gasteiger partial charge in [0.05, 0.1) is 11.3 Å². The van der Waals surface area contributed by atoms with Crippen LogP contribution in [0.25, 0.3) is 11.3 Å². The molecule has 3 rings (SSSR count). The van der Waals surface area contributed by atoms with Crippen molar-refractivity contribution in [2.24, 2.45) is 7.05 Å². The molecule has 5 nitrogen and oxygen atoms in total. The highest BCUT2D eigenvalue weighted by molar-refractivity contribution is 5.61. The number of aromatic nitrogens is 3. The number of hydrogen-bond donors (Lipinski definition) is 1. The first-order valence-corrected chi connectivity index (χ1v) is 8.38. The van der Waals surface area contributed by atoms with Crippen molar-refractivity contribution in [1.29, 1.82) is 0 Å². The van der Waals surface area contributed by atoms with Gasteiger partial charge in [0.15, 0.2) is 0 Å². The van der Waals surface area contributed by atoms with Crippen LogP contribution in [0, 0.1) is 0 Å². The van der Waals surface area contributed by atoms with Crippen LogP contribution in [0.15, 0.2) is 55.0 Å². The minimum Gasteiger partial charge on any atom is -0.492 e. The van der Waals surface area contributed by atoms with Crippen LogP contribution in [0.2, 0.25) is 0 Å². The van der Waals surface area contributed by atoms with Crippen molar-refractivity contribution < 1.29 is 17.9 Å². The first-order chi connectivity index (χ1) is 12.9. The second kappa shape index (κ2) is 8.22. The van der Waals surface area contributed by atoms with E-state index in [1.165, 1.54) is 18.2 Å². The van der Waals surface area contributed by atoms with Crippen molar-refractivity contribution >= 4 is 0 Å². The molecule has 1 N–H and O–H groups in total. The zero-order chi connectivity index (χ0) is 19.3. The van der Waals surface area contributed by atoms with Gasteiger partial charge < -0.3 is 10.1 Å². The molecule has 0 saturated heterocycles. The fraction of sp³-hybridized carbons (Fsp3) is 0.263. The SMILES string of the molecule is Cn1cc(CNCCOc2ccccc2C(F)(F)F)c(-c2cccnc2)n1. The van der Waals surface area contributed by atoms with E-state index in [0.717, 1.165) is 22.9 Å². The number of benzene rings is 1. The van der Waals surface area contributed by atoms with Gasteiger partial charge in [-0.3, -0.25) is 9.67 Å². The lowest BCUT2D eigenvalue weighted by molar-refractivity contribution is -0.138. The fourth-order valence-corrected chi connectivity index (χ4v) is 2.70. The molecule has 0 aliphatic rings. The summed E-state index contributed by atoms with van der Waals surface area (Å²) in [7, 11) is 1.83. The molecular weight excluding hydrogens is 357 g/mol. The van der Waals surface area contributed by atoms with E-state index in [0.29, 0.717) is 13.1 Å². The Bertz CT molecular complexity index is 878. The second-order valence-electron chi connectivity index (χ2n) is 5.94. The third kappa shape index (κ3) is 4.85. The molecule has 142 valence electrons. The van der Waals surface area contributed by atoms with Gasteiger partial charge >= 0.3 is 6.18 Å². The first kappa shape index (κ1) is 18.9. The molecule has 2 heterocycles. The molecule has 8 heteroatoms. The van der Waals surface area contributed by atoms with Crippen molar-refractivity contribution in [3.05, 3.63) is 66.1 Å². The summed E-state index contributed by atoms with van der Waals surface area (Å²) < 4.78 is 45.9.